The van der Waals surface area contributed by atoms with Crippen LogP contribution in [0, 0.1) is 19.7 Å². The minimum Gasteiger partial charge on any atom is -0.323 e. The van der Waals surface area contributed by atoms with Gasteiger partial charge in [-0.05, 0) is 61.4 Å². The number of carbonyl (C=O) groups excluding carboxylic acids is 1. The Morgan fingerprint density at radius 1 is 1.12 bits per heavy atom. The smallest absolute Gasteiger partial charge is 0.266 e. The summed E-state index contributed by atoms with van der Waals surface area (Å²) in [6, 6.07) is 17.3. The Morgan fingerprint density at radius 3 is 2.69 bits per heavy atom. The molecule has 1 heterocycles. The van der Waals surface area contributed by atoms with E-state index < -0.39 is 11.7 Å². The minimum atomic E-state index is -0.533. The highest BCUT2D eigenvalue weighted by molar-refractivity contribution is 9.10. The third kappa shape index (κ3) is 4.47. The van der Waals surface area contributed by atoms with Gasteiger partial charge >= 0.3 is 0 Å². The first kappa shape index (κ1) is 22.2. The summed E-state index contributed by atoms with van der Waals surface area (Å²) in [6.07, 6.45) is 0. The fraction of sp³-hybridized carbons (Fsp3) is 0.125. The lowest BCUT2D eigenvalue weighted by Crippen LogP contribution is -2.23. The number of aryl methyl sites for hydroxylation is 1. The van der Waals surface area contributed by atoms with Crippen LogP contribution >= 0.6 is 27.7 Å². The van der Waals surface area contributed by atoms with Gasteiger partial charge < -0.3 is 5.32 Å². The molecular weight excluding hydrogens is 493 g/mol. The number of aromatic nitrogens is 2. The molecule has 0 atom stereocenters. The van der Waals surface area contributed by atoms with Crippen LogP contribution in [-0.4, -0.2) is 21.2 Å². The van der Waals surface area contributed by atoms with Crippen molar-refractivity contribution in [2.24, 2.45) is 0 Å². The van der Waals surface area contributed by atoms with Gasteiger partial charge in [-0.15, -0.1) is 0 Å². The number of amides is 1. The quantitative estimate of drug-likeness (QED) is 0.278. The van der Waals surface area contributed by atoms with Gasteiger partial charge in [0.1, 0.15) is 5.82 Å². The molecule has 32 heavy (non-hydrogen) atoms. The zero-order chi connectivity index (χ0) is 22.8. The fourth-order valence-corrected chi connectivity index (χ4v) is 4.45. The van der Waals surface area contributed by atoms with Crippen molar-refractivity contribution in [3.63, 3.8) is 0 Å². The van der Waals surface area contributed by atoms with Gasteiger partial charge in [-0.3, -0.25) is 14.2 Å². The Balaban J connectivity index is 1.70. The summed E-state index contributed by atoms with van der Waals surface area (Å²) in [4.78, 5) is 30.6. The van der Waals surface area contributed by atoms with E-state index in [1.54, 1.807) is 28.8 Å². The van der Waals surface area contributed by atoms with Crippen LogP contribution < -0.4 is 10.9 Å². The number of carbonyl (C=O) groups is 1. The lowest BCUT2D eigenvalue weighted by Gasteiger charge is -2.16. The van der Waals surface area contributed by atoms with Crippen LogP contribution in [0.1, 0.15) is 11.1 Å². The maximum Gasteiger partial charge on any atom is 0.266 e. The van der Waals surface area contributed by atoms with Crippen molar-refractivity contribution in [3.8, 4) is 5.69 Å². The Labute approximate surface area is 196 Å². The lowest BCUT2D eigenvalue weighted by atomic mass is 10.1. The van der Waals surface area contributed by atoms with Crippen LogP contribution in [-0.2, 0) is 4.79 Å². The predicted octanol–water partition coefficient (Wildman–Crippen LogP) is 5.63. The van der Waals surface area contributed by atoms with E-state index in [1.165, 1.54) is 12.1 Å². The maximum absolute atomic E-state index is 14.1. The molecule has 5 nitrogen and oxygen atoms in total. The van der Waals surface area contributed by atoms with Gasteiger partial charge in [-0.25, -0.2) is 9.37 Å². The Morgan fingerprint density at radius 2 is 1.91 bits per heavy atom. The molecule has 0 aliphatic carbocycles. The van der Waals surface area contributed by atoms with Gasteiger partial charge in [-0.2, -0.15) is 0 Å². The van der Waals surface area contributed by atoms with Gasteiger partial charge in [0, 0.05) is 4.47 Å². The summed E-state index contributed by atoms with van der Waals surface area (Å²) in [7, 11) is 0. The topological polar surface area (TPSA) is 64.0 Å². The van der Waals surface area contributed by atoms with E-state index in [0.717, 1.165) is 28.6 Å². The standard InChI is InChI=1S/C24H19BrFN3O2S/c1-14-6-5-9-21(15(14)2)29-23(31)17-7-3-4-8-19(17)28-24(29)32-13-22(30)27-20-11-10-16(25)12-18(20)26/h3-12H,13H2,1-2H3,(H,27,30). The molecule has 1 N–H and O–H groups in total. The van der Waals surface area contributed by atoms with Crippen LogP contribution in [0.3, 0.4) is 0 Å². The predicted molar refractivity (Wildman–Crippen MR) is 130 cm³/mol. The van der Waals surface area contributed by atoms with E-state index >= 15 is 0 Å². The van der Waals surface area contributed by atoms with Crippen molar-refractivity contribution in [2.45, 2.75) is 19.0 Å². The van der Waals surface area contributed by atoms with Crippen molar-refractivity contribution in [1.29, 1.82) is 0 Å². The summed E-state index contributed by atoms with van der Waals surface area (Å²) >= 11 is 4.32. The number of rotatable bonds is 5. The van der Waals surface area contributed by atoms with Crippen molar-refractivity contribution in [2.75, 3.05) is 11.1 Å². The van der Waals surface area contributed by atoms with E-state index in [9.17, 15) is 14.0 Å². The molecule has 0 spiro atoms. The highest BCUT2D eigenvalue weighted by Crippen LogP contribution is 2.25. The second kappa shape index (κ2) is 9.26. The monoisotopic (exact) mass is 511 g/mol. The summed E-state index contributed by atoms with van der Waals surface area (Å²) in [5.74, 6) is -0.967. The maximum atomic E-state index is 14.1. The van der Waals surface area contributed by atoms with E-state index in [2.05, 4.69) is 26.2 Å². The molecule has 0 aliphatic rings. The number of hydrogen-bond acceptors (Lipinski definition) is 4. The van der Waals surface area contributed by atoms with Crippen molar-refractivity contribution < 1.29 is 9.18 Å². The molecule has 0 fully saturated rings. The van der Waals surface area contributed by atoms with E-state index in [1.807, 2.05) is 38.1 Å². The molecule has 3 aromatic carbocycles. The summed E-state index contributed by atoms with van der Waals surface area (Å²) < 4.78 is 16.2. The number of benzene rings is 3. The highest BCUT2D eigenvalue weighted by atomic mass is 79.9. The number of nitrogens with zero attached hydrogens (tertiary/aromatic N) is 2. The van der Waals surface area contributed by atoms with E-state index in [0.29, 0.717) is 20.5 Å². The summed E-state index contributed by atoms with van der Waals surface area (Å²) in [5, 5.41) is 3.46. The van der Waals surface area contributed by atoms with Crippen LogP contribution in [0.4, 0.5) is 10.1 Å². The van der Waals surface area contributed by atoms with E-state index in [4.69, 9.17) is 0 Å². The molecule has 4 aromatic rings. The molecule has 0 unspecified atom stereocenters. The Bertz CT molecular complexity index is 1400. The Kier molecular flexibility index (Phi) is 6.43. The number of nitrogens with one attached hydrogen (secondary N) is 1. The average molecular weight is 512 g/mol. The van der Waals surface area contributed by atoms with Gasteiger partial charge in [-0.1, -0.05) is 52.0 Å². The molecule has 4 rings (SSSR count). The zero-order valence-corrected chi connectivity index (χ0v) is 19.8. The molecule has 1 aromatic heterocycles. The molecule has 0 bridgehead atoms. The van der Waals surface area contributed by atoms with Crippen LogP contribution in [0.5, 0.6) is 0 Å². The van der Waals surface area contributed by atoms with Crippen molar-refractivity contribution in [1.82, 2.24) is 9.55 Å². The van der Waals surface area contributed by atoms with E-state index in [-0.39, 0.29) is 17.0 Å². The normalized spacial score (nSPS) is 11.0. The molecule has 0 saturated carbocycles. The van der Waals surface area contributed by atoms with Gasteiger partial charge in [0.2, 0.25) is 5.91 Å². The van der Waals surface area contributed by atoms with Gasteiger partial charge in [0.15, 0.2) is 5.16 Å². The second-order valence-corrected chi connectivity index (χ2v) is 9.09. The second-order valence-electron chi connectivity index (χ2n) is 7.23. The lowest BCUT2D eigenvalue weighted by molar-refractivity contribution is -0.113. The SMILES string of the molecule is Cc1cccc(-n2c(SCC(=O)Nc3ccc(Br)cc3F)nc3ccccc3c2=O)c1C. The number of halogens is 2. The van der Waals surface area contributed by atoms with Crippen LogP contribution in [0.25, 0.3) is 16.6 Å². The van der Waals surface area contributed by atoms with Crippen LogP contribution in [0.15, 0.2) is 75.1 Å². The number of thioether (sulfide) groups is 1. The molecule has 0 radical (unpaired) electrons. The molecule has 0 aliphatic heterocycles. The Hall–Kier alpha value is -2.97. The molecule has 8 heteroatoms. The molecular formula is C24H19BrFN3O2S. The number of anilines is 1. The first-order valence-electron chi connectivity index (χ1n) is 9.81. The van der Waals surface area contributed by atoms with Gasteiger partial charge in [0.05, 0.1) is 28.0 Å². The first-order valence-corrected chi connectivity index (χ1v) is 11.6. The van der Waals surface area contributed by atoms with Crippen molar-refractivity contribution >= 4 is 50.2 Å². The zero-order valence-electron chi connectivity index (χ0n) is 17.4. The van der Waals surface area contributed by atoms with Crippen molar-refractivity contribution in [3.05, 3.63) is 92.4 Å². The third-order valence-electron chi connectivity index (χ3n) is 5.10. The largest absolute Gasteiger partial charge is 0.323 e. The molecule has 0 saturated heterocycles. The fourth-order valence-electron chi connectivity index (χ4n) is 3.31. The number of fused-ring (bicyclic) bond motifs is 1. The average Bonchev–Trinajstić information content (AvgIpc) is 2.77. The highest BCUT2D eigenvalue weighted by Gasteiger charge is 2.17. The first-order chi connectivity index (χ1) is 15.3. The van der Waals surface area contributed by atoms with Gasteiger partial charge in [0.25, 0.3) is 5.56 Å². The summed E-state index contributed by atoms with van der Waals surface area (Å²) in [5.41, 5.74) is 3.16. The molecule has 1 amide bonds. The molecule has 162 valence electrons. The minimum absolute atomic E-state index is 0.0366. The summed E-state index contributed by atoms with van der Waals surface area (Å²) in [6.45, 7) is 3.93. The third-order valence-corrected chi connectivity index (χ3v) is 6.53. The van der Waals surface area contributed by atoms with Crippen LogP contribution in [0.2, 0.25) is 0 Å². The number of hydrogen-bond donors (Lipinski definition) is 1. The number of para-hydroxylation sites is 1.